The van der Waals surface area contributed by atoms with Gasteiger partial charge in [-0.3, -0.25) is 15.0 Å². The van der Waals surface area contributed by atoms with Gasteiger partial charge in [0, 0.05) is 51.4 Å². The van der Waals surface area contributed by atoms with Crippen molar-refractivity contribution in [2.75, 3.05) is 59.0 Å². The highest BCUT2D eigenvalue weighted by Gasteiger charge is 2.22. The lowest BCUT2D eigenvalue weighted by Gasteiger charge is -2.23. The van der Waals surface area contributed by atoms with E-state index < -0.39 is 12.0 Å². The predicted molar refractivity (Wildman–Crippen MR) is 160 cm³/mol. The Labute approximate surface area is 240 Å². The lowest BCUT2D eigenvalue weighted by atomic mass is 10.1. The Balaban J connectivity index is 1.91. The first-order valence-corrected chi connectivity index (χ1v) is 13.1. The SMILES string of the molecule is C=C[C@@H](C(=O)NCCCC#Cc1cnc(Nc2ccc(C(=N)F)c([NH2+]C)c2)nc1NC)N(C)C(=O)/C=C/CN(C)C. The van der Waals surface area contributed by atoms with Gasteiger partial charge in [0.2, 0.25) is 23.7 Å². The summed E-state index contributed by atoms with van der Waals surface area (Å²) >= 11 is 0. The quantitative estimate of drug-likeness (QED) is 0.0588. The van der Waals surface area contributed by atoms with Crippen molar-refractivity contribution in [1.82, 2.24) is 25.1 Å². The molecule has 0 aliphatic heterocycles. The van der Waals surface area contributed by atoms with E-state index >= 15 is 0 Å². The van der Waals surface area contributed by atoms with E-state index in [9.17, 15) is 14.0 Å². The van der Waals surface area contributed by atoms with Gasteiger partial charge in [-0.1, -0.05) is 24.0 Å². The first-order chi connectivity index (χ1) is 19.6. The van der Waals surface area contributed by atoms with Crippen molar-refractivity contribution >= 4 is 40.9 Å². The van der Waals surface area contributed by atoms with Crippen LogP contribution in [-0.4, -0.2) is 91.9 Å². The van der Waals surface area contributed by atoms with E-state index in [4.69, 9.17) is 5.41 Å². The number of amides is 2. The molecular formula is C29H39FN9O2+. The molecule has 1 aromatic heterocycles. The molecule has 0 bridgehead atoms. The number of quaternary nitrogens is 1. The van der Waals surface area contributed by atoms with Crippen LogP contribution in [0.15, 0.2) is 49.2 Å². The van der Waals surface area contributed by atoms with Gasteiger partial charge in [0.1, 0.15) is 17.5 Å². The second-order valence-corrected chi connectivity index (χ2v) is 9.23. The number of rotatable bonds is 14. The lowest BCUT2D eigenvalue weighted by molar-refractivity contribution is -0.539. The van der Waals surface area contributed by atoms with E-state index in [1.165, 1.54) is 23.1 Å². The monoisotopic (exact) mass is 564 g/mol. The maximum atomic E-state index is 13.4. The summed E-state index contributed by atoms with van der Waals surface area (Å²) in [5.74, 6) is 5.41. The van der Waals surface area contributed by atoms with Crippen molar-refractivity contribution < 1.29 is 19.3 Å². The van der Waals surface area contributed by atoms with E-state index in [0.29, 0.717) is 54.6 Å². The number of likely N-dealkylation sites (N-methyl/N-ethyl adjacent to an activating group) is 2. The normalized spacial score (nSPS) is 11.4. The molecule has 41 heavy (non-hydrogen) atoms. The number of halogens is 1. The van der Waals surface area contributed by atoms with Gasteiger partial charge in [0.15, 0.2) is 0 Å². The van der Waals surface area contributed by atoms with Gasteiger partial charge >= 0.3 is 0 Å². The number of carbonyl (C=O) groups is 2. The second kappa shape index (κ2) is 16.5. The second-order valence-electron chi connectivity index (χ2n) is 9.23. The number of aromatic nitrogens is 2. The van der Waals surface area contributed by atoms with E-state index in [2.05, 4.69) is 44.3 Å². The summed E-state index contributed by atoms with van der Waals surface area (Å²) in [5.41, 5.74) is 2.07. The number of hydrogen-bond acceptors (Lipinski definition) is 8. The number of benzene rings is 1. The van der Waals surface area contributed by atoms with Crippen LogP contribution >= 0.6 is 0 Å². The van der Waals surface area contributed by atoms with Crippen LogP contribution in [0.2, 0.25) is 0 Å². The Hall–Kier alpha value is -4.60. The third-order valence-corrected chi connectivity index (χ3v) is 5.87. The Bertz CT molecular complexity index is 1330. The van der Waals surface area contributed by atoms with Crippen LogP contribution in [0.25, 0.3) is 0 Å². The molecule has 12 heteroatoms. The molecule has 0 saturated heterocycles. The molecule has 1 atom stereocenters. The average molecular weight is 565 g/mol. The number of anilines is 3. The van der Waals surface area contributed by atoms with Crippen LogP contribution in [0.3, 0.4) is 0 Å². The minimum absolute atomic E-state index is 0.214. The zero-order valence-electron chi connectivity index (χ0n) is 24.2. The molecule has 218 valence electrons. The predicted octanol–water partition coefficient (Wildman–Crippen LogP) is 1.76. The number of nitrogens with zero attached hydrogens (tertiary/aromatic N) is 4. The van der Waals surface area contributed by atoms with Crippen molar-refractivity contribution in [3.05, 3.63) is 60.3 Å². The standard InChI is InChI=1S/C29H38FN9O2/c1-7-24(39(6)25(40)13-11-17-38(4)5)28(41)34-16-10-8-9-12-20-19-35-29(37-27(20)33-3)36-21-14-15-22(26(30)31)23(18-21)32-2/h7,11,13-15,18-19,24,31-32H,1,8,10,16-17H2,2-6H3,(H,34,41)(H2,33,35,36,37)/p+1/b13-11+,31-26?/t24-/m0/s1. The highest BCUT2D eigenvalue weighted by atomic mass is 19.1. The molecule has 0 fully saturated rings. The summed E-state index contributed by atoms with van der Waals surface area (Å²) in [6.07, 6.45) is 7.37. The molecule has 0 spiro atoms. The maximum Gasteiger partial charge on any atom is 0.246 e. The van der Waals surface area contributed by atoms with Crippen LogP contribution in [0.1, 0.15) is 24.0 Å². The first-order valence-electron chi connectivity index (χ1n) is 13.1. The lowest BCUT2D eigenvalue weighted by Crippen LogP contribution is -2.73. The molecule has 0 unspecified atom stereocenters. The van der Waals surface area contributed by atoms with Crippen molar-refractivity contribution in [3.63, 3.8) is 0 Å². The molecule has 6 N–H and O–H groups in total. The molecule has 0 aliphatic carbocycles. The van der Waals surface area contributed by atoms with Gasteiger partial charge in [-0.15, -0.1) is 6.58 Å². The molecule has 2 rings (SSSR count). The summed E-state index contributed by atoms with van der Waals surface area (Å²) in [7, 11) is 8.87. The van der Waals surface area contributed by atoms with Gasteiger partial charge in [-0.05, 0) is 32.6 Å². The summed E-state index contributed by atoms with van der Waals surface area (Å²) < 4.78 is 13.4. The first kappa shape index (κ1) is 32.6. The molecule has 0 radical (unpaired) electrons. The molecule has 1 heterocycles. The molecule has 0 saturated carbocycles. The highest BCUT2D eigenvalue weighted by Crippen LogP contribution is 2.21. The summed E-state index contributed by atoms with van der Waals surface area (Å²) in [4.78, 5) is 37.0. The van der Waals surface area contributed by atoms with Gasteiger partial charge < -0.3 is 31.1 Å². The zero-order valence-corrected chi connectivity index (χ0v) is 24.2. The van der Waals surface area contributed by atoms with Crippen LogP contribution in [-0.2, 0) is 9.59 Å². The van der Waals surface area contributed by atoms with Crippen LogP contribution < -0.4 is 21.3 Å². The highest BCUT2D eigenvalue weighted by molar-refractivity contribution is 5.95. The van der Waals surface area contributed by atoms with Crippen molar-refractivity contribution in [1.29, 1.82) is 5.41 Å². The van der Waals surface area contributed by atoms with Gasteiger partial charge in [-0.2, -0.15) is 9.37 Å². The van der Waals surface area contributed by atoms with E-state index in [-0.39, 0.29) is 17.4 Å². The summed E-state index contributed by atoms with van der Waals surface area (Å²) in [6.45, 7) is 4.71. The Morgan fingerprint density at radius 1 is 1.29 bits per heavy atom. The molecule has 0 aliphatic rings. The Morgan fingerprint density at radius 2 is 2.05 bits per heavy atom. The number of unbranched alkanes of at least 4 members (excludes halogenated alkanes) is 1. The Morgan fingerprint density at radius 3 is 2.68 bits per heavy atom. The third-order valence-electron chi connectivity index (χ3n) is 5.87. The minimum Gasteiger partial charge on any atom is -0.372 e. The summed E-state index contributed by atoms with van der Waals surface area (Å²) in [5, 5.41) is 17.9. The van der Waals surface area contributed by atoms with Crippen LogP contribution in [0.4, 0.5) is 27.5 Å². The Kier molecular flexibility index (Phi) is 13.1. The molecule has 2 aromatic rings. The fourth-order valence-electron chi connectivity index (χ4n) is 3.64. The van der Waals surface area contributed by atoms with Gasteiger partial charge in [-0.25, -0.2) is 4.98 Å². The third kappa shape index (κ3) is 10.1. The van der Waals surface area contributed by atoms with Crippen LogP contribution in [0, 0.1) is 17.3 Å². The van der Waals surface area contributed by atoms with E-state index in [0.717, 1.165) is 0 Å². The maximum absolute atomic E-state index is 13.4. The summed E-state index contributed by atoms with van der Waals surface area (Å²) in [6, 6.07) is 4.13. The van der Waals surface area contributed by atoms with Crippen molar-refractivity contribution in [3.8, 4) is 11.8 Å². The van der Waals surface area contributed by atoms with Gasteiger partial charge in [0.25, 0.3) is 0 Å². The number of hydrogen-bond donors (Lipinski definition) is 5. The molecule has 2 amide bonds. The largest absolute Gasteiger partial charge is 0.372 e. The van der Waals surface area contributed by atoms with Crippen molar-refractivity contribution in [2.45, 2.75) is 18.9 Å². The molecule has 1 aromatic carbocycles. The van der Waals surface area contributed by atoms with E-state index in [1.54, 1.807) is 50.9 Å². The minimum atomic E-state index is -0.993. The fraction of sp³-hybridized carbons (Fsp3) is 0.345. The number of nitrogens with two attached hydrogens (primary N) is 1. The van der Waals surface area contributed by atoms with Crippen molar-refractivity contribution in [2.24, 2.45) is 0 Å². The topological polar surface area (TPSA) is 143 Å². The van der Waals surface area contributed by atoms with Crippen LogP contribution in [0.5, 0.6) is 0 Å². The number of nitrogens with one attached hydrogen (secondary N) is 4. The molecular weight excluding hydrogens is 525 g/mol. The number of carbonyl (C=O) groups excluding carboxylic acids is 2. The average Bonchev–Trinajstić information content (AvgIpc) is 2.95. The fourth-order valence-corrected chi connectivity index (χ4v) is 3.64. The van der Waals surface area contributed by atoms with E-state index in [1.807, 2.05) is 19.0 Å². The molecule has 11 nitrogen and oxygen atoms in total. The zero-order chi connectivity index (χ0) is 30.4. The van der Waals surface area contributed by atoms with Gasteiger partial charge in [0.05, 0.1) is 24.4 Å². The smallest absolute Gasteiger partial charge is 0.246 e.